The Bertz CT molecular complexity index is 1260. The number of benzene rings is 1. The molecular formula is C22H18FN3O4S2. The van der Waals surface area contributed by atoms with E-state index in [1.165, 1.54) is 36.1 Å². The minimum Gasteiger partial charge on any atom is -0.494 e. The molecule has 0 bridgehead atoms. The van der Waals surface area contributed by atoms with Crippen LogP contribution in [0.5, 0.6) is 5.88 Å². The van der Waals surface area contributed by atoms with Crippen molar-refractivity contribution >= 4 is 46.1 Å². The van der Waals surface area contributed by atoms with Crippen LogP contribution in [-0.4, -0.2) is 37.1 Å². The number of halogens is 1. The predicted octanol–water partition coefficient (Wildman–Crippen LogP) is 3.37. The first-order valence-corrected chi connectivity index (χ1v) is 10.8. The van der Waals surface area contributed by atoms with Gasteiger partial charge in [0.25, 0.3) is 11.5 Å². The molecule has 1 saturated heterocycles. The van der Waals surface area contributed by atoms with Gasteiger partial charge in [0, 0.05) is 19.5 Å². The lowest BCUT2D eigenvalue weighted by Gasteiger charge is -2.16. The van der Waals surface area contributed by atoms with Crippen molar-refractivity contribution in [2.75, 3.05) is 6.54 Å². The molecule has 1 fully saturated rings. The maximum Gasteiger partial charge on any atom is 0.271 e. The van der Waals surface area contributed by atoms with Crippen LogP contribution in [0.15, 0.2) is 34.0 Å². The SMILES string of the molecule is CCn1c(O)c(C(=O)CCN2C(=O)/C(=C/c3ccc(F)cc3)SC2=S)c(C)c(C#N)c1=O. The summed E-state index contributed by atoms with van der Waals surface area (Å²) in [6, 6.07) is 7.42. The second kappa shape index (κ2) is 9.46. The largest absolute Gasteiger partial charge is 0.494 e. The zero-order valence-electron chi connectivity index (χ0n) is 17.2. The van der Waals surface area contributed by atoms with E-state index in [0.29, 0.717) is 10.5 Å². The summed E-state index contributed by atoms with van der Waals surface area (Å²) < 4.78 is 14.3. The summed E-state index contributed by atoms with van der Waals surface area (Å²) in [6.07, 6.45) is 1.42. The first kappa shape index (κ1) is 23.4. The van der Waals surface area contributed by atoms with Gasteiger partial charge in [-0.05, 0) is 43.2 Å². The Morgan fingerprint density at radius 2 is 1.97 bits per heavy atom. The second-order valence-electron chi connectivity index (χ2n) is 6.92. The van der Waals surface area contributed by atoms with E-state index in [4.69, 9.17) is 12.2 Å². The van der Waals surface area contributed by atoms with Crippen molar-refractivity contribution in [1.29, 1.82) is 5.26 Å². The summed E-state index contributed by atoms with van der Waals surface area (Å²) >= 11 is 6.34. The molecule has 1 amide bonds. The van der Waals surface area contributed by atoms with E-state index in [0.717, 1.165) is 16.3 Å². The van der Waals surface area contributed by atoms with Crippen LogP contribution in [-0.2, 0) is 11.3 Å². The van der Waals surface area contributed by atoms with Crippen molar-refractivity contribution in [2.45, 2.75) is 26.8 Å². The molecule has 0 atom stereocenters. The summed E-state index contributed by atoms with van der Waals surface area (Å²) in [5, 5.41) is 19.7. The van der Waals surface area contributed by atoms with E-state index in [-0.39, 0.29) is 52.2 Å². The van der Waals surface area contributed by atoms with Gasteiger partial charge in [-0.25, -0.2) is 4.39 Å². The highest BCUT2D eigenvalue weighted by Crippen LogP contribution is 2.33. The Hall–Kier alpha value is -3.29. The third-order valence-electron chi connectivity index (χ3n) is 5.00. The van der Waals surface area contributed by atoms with E-state index in [1.54, 1.807) is 19.1 Å². The number of thiocarbonyl (C=S) groups is 1. The number of carbonyl (C=O) groups is 2. The number of rotatable bonds is 6. The molecule has 7 nitrogen and oxygen atoms in total. The fourth-order valence-corrected chi connectivity index (χ4v) is 4.63. The predicted molar refractivity (Wildman–Crippen MR) is 123 cm³/mol. The number of Topliss-reactive ketones (excluding diaryl/α,β-unsaturated/α-hetero) is 1. The number of hydrogen-bond donors (Lipinski definition) is 1. The summed E-state index contributed by atoms with van der Waals surface area (Å²) in [6.45, 7) is 3.09. The van der Waals surface area contributed by atoms with Crippen molar-refractivity contribution in [3.63, 3.8) is 0 Å². The van der Waals surface area contributed by atoms with Gasteiger partial charge in [-0.1, -0.05) is 36.1 Å². The molecule has 0 spiro atoms. The summed E-state index contributed by atoms with van der Waals surface area (Å²) in [7, 11) is 0. The number of aromatic hydroxyl groups is 1. The van der Waals surface area contributed by atoms with Crippen LogP contribution in [0.2, 0.25) is 0 Å². The molecule has 1 aromatic heterocycles. The van der Waals surface area contributed by atoms with Crippen molar-refractivity contribution in [3.8, 4) is 11.9 Å². The van der Waals surface area contributed by atoms with Gasteiger partial charge >= 0.3 is 0 Å². The molecule has 0 saturated carbocycles. The molecule has 10 heteroatoms. The van der Waals surface area contributed by atoms with Crippen LogP contribution in [0.25, 0.3) is 6.08 Å². The third-order valence-corrected chi connectivity index (χ3v) is 6.38. The van der Waals surface area contributed by atoms with Gasteiger partial charge in [-0.2, -0.15) is 5.26 Å². The Kier molecular flexibility index (Phi) is 6.91. The number of pyridine rings is 1. The van der Waals surface area contributed by atoms with Crippen molar-refractivity contribution < 1.29 is 19.1 Å². The van der Waals surface area contributed by atoms with Gasteiger partial charge in [0.1, 0.15) is 21.8 Å². The van der Waals surface area contributed by atoms with Crippen LogP contribution in [0, 0.1) is 24.1 Å². The highest BCUT2D eigenvalue weighted by Gasteiger charge is 2.33. The standard InChI is InChI=1S/C22H18FN3O4S2/c1-3-25-19(28)15(11-24)12(2)18(21(25)30)16(27)8-9-26-20(29)17(32-22(26)31)10-13-4-6-14(23)7-5-13/h4-7,10,30H,3,8-9H2,1-2H3/b17-10-. The topological polar surface area (TPSA) is 103 Å². The number of amides is 1. The van der Waals surface area contributed by atoms with Gasteiger partial charge < -0.3 is 5.11 Å². The molecule has 2 aromatic rings. The molecule has 3 rings (SSSR count). The Labute approximate surface area is 192 Å². The Balaban J connectivity index is 1.82. The van der Waals surface area contributed by atoms with E-state index >= 15 is 0 Å². The monoisotopic (exact) mass is 471 g/mol. The maximum absolute atomic E-state index is 13.1. The van der Waals surface area contributed by atoms with Crippen LogP contribution in [0.4, 0.5) is 4.39 Å². The number of carbonyl (C=O) groups excluding carboxylic acids is 2. The van der Waals surface area contributed by atoms with E-state index in [1.807, 2.05) is 0 Å². The summed E-state index contributed by atoms with van der Waals surface area (Å²) in [5.41, 5.74) is -0.249. The number of nitrogens with zero attached hydrogens (tertiary/aromatic N) is 3. The van der Waals surface area contributed by atoms with E-state index in [9.17, 15) is 29.1 Å². The molecule has 1 aromatic carbocycles. The van der Waals surface area contributed by atoms with E-state index < -0.39 is 17.2 Å². The molecule has 164 valence electrons. The Morgan fingerprint density at radius 1 is 1.31 bits per heavy atom. The van der Waals surface area contributed by atoms with Gasteiger partial charge in [0.05, 0.1) is 10.5 Å². The first-order chi connectivity index (χ1) is 15.2. The number of aromatic nitrogens is 1. The quantitative estimate of drug-likeness (QED) is 0.391. The van der Waals surface area contributed by atoms with Gasteiger partial charge in [-0.15, -0.1) is 0 Å². The molecule has 32 heavy (non-hydrogen) atoms. The molecular weight excluding hydrogens is 453 g/mol. The lowest BCUT2D eigenvalue weighted by molar-refractivity contribution is -0.122. The summed E-state index contributed by atoms with van der Waals surface area (Å²) in [5.74, 6) is -1.79. The number of nitriles is 1. The first-order valence-electron chi connectivity index (χ1n) is 9.60. The Morgan fingerprint density at radius 3 is 2.56 bits per heavy atom. The zero-order valence-corrected chi connectivity index (χ0v) is 18.8. The van der Waals surface area contributed by atoms with Crippen LogP contribution in [0.1, 0.15) is 40.4 Å². The molecule has 1 N–H and O–H groups in total. The van der Waals surface area contributed by atoms with Crippen molar-refractivity contribution in [2.24, 2.45) is 0 Å². The second-order valence-corrected chi connectivity index (χ2v) is 8.59. The smallest absolute Gasteiger partial charge is 0.271 e. The fraction of sp³-hybridized carbons (Fsp3) is 0.227. The summed E-state index contributed by atoms with van der Waals surface area (Å²) in [4.78, 5) is 39.5. The maximum atomic E-state index is 13.1. The number of hydrogen-bond acceptors (Lipinski definition) is 7. The average Bonchev–Trinajstić information content (AvgIpc) is 3.01. The lowest BCUT2D eigenvalue weighted by atomic mass is 10.00. The van der Waals surface area contributed by atoms with Crippen molar-refractivity contribution in [1.82, 2.24) is 9.47 Å². The minimum absolute atomic E-state index is 0.0315. The molecule has 1 aliphatic heterocycles. The van der Waals surface area contributed by atoms with Crippen LogP contribution < -0.4 is 5.56 Å². The molecule has 1 aliphatic rings. The molecule has 0 unspecified atom stereocenters. The van der Waals surface area contributed by atoms with Crippen molar-refractivity contribution in [3.05, 3.63) is 67.6 Å². The van der Waals surface area contributed by atoms with Gasteiger partial charge in [-0.3, -0.25) is 23.9 Å². The number of ketones is 1. The lowest BCUT2D eigenvalue weighted by Crippen LogP contribution is -2.31. The van der Waals surface area contributed by atoms with Gasteiger partial charge in [0.15, 0.2) is 5.78 Å². The highest BCUT2D eigenvalue weighted by atomic mass is 32.2. The molecule has 0 radical (unpaired) electrons. The zero-order chi connectivity index (χ0) is 23.6. The number of thioether (sulfide) groups is 1. The highest BCUT2D eigenvalue weighted by molar-refractivity contribution is 8.26. The fourth-order valence-electron chi connectivity index (χ4n) is 3.32. The van der Waals surface area contributed by atoms with E-state index in [2.05, 4.69) is 0 Å². The third kappa shape index (κ3) is 4.35. The molecule has 0 aliphatic carbocycles. The van der Waals surface area contributed by atoms with Gasteiger partial charge in [0.2, 0.25) is 5.88 Å². The van der Waals surface area contributed by atoms with Crippen LogP contribution in [0.3, 0.4) is 0 Å². The van der Waals surface area contributed by atoms with Crippen LogP contribution >= 0.6 is 24.0 Å². The molecule has 2 heterocycles. The average molecular weight is 472 g/mol. The normalized spacial score (nSPS) is 14.8. The minimum atomic E-state index is -0.663.